The first-order valence-electron chi connectivity index (χ1n) is 6.71. The molecule has 0 aliphatic rings. The van der Waals surface area contributed by atoms with Crippen molar-refractivity contribution < 1.29 is 4.79 Å². The van der Waals surface area contributed by atoms with Crippen LogP contribution in [-0.2, 0) is 0 Å². The van der Waals surface area contributed by atoms with Gasteiger partial charge in [-0.3, -0.25) is 4.79 Å². The van der Waals surface area contributed by atoms with E-state index in [1.807, 2.05) is 42.5 Å². The molecule has 3 heteroatoms. The van der Waals surface area contributed by atoms with Crippen molar-refractivity contribution in [1.29, 1.82) is 0 Å². The molecule has 0 saturated heterocycles. The number of nitrogens with one attached hydrogen (secondary N) is 1. The number of rotatable bonds is 4. The van der Waals surface area contributed by atoms with Crippen molar-refractivity contribution >= 4 is 11.6 Å². The number of anilines is 1. The van der Waals surface area contributed by atoms with Crippen molar-refractivity contribution in [2.45, 2.75) is 13.0 Å². The molecular formula is C17H20N2O. The van der Waals surface area contributed by atoms with Gasteiger partial charge in [0.05, 0.1) is 0 Å². The zero-order valence-corrected chi connectivity index (χ0v) is 12.1. The number of benzene rings is 2. The summed E-state index contributed by atoms with van der Waals surface area (Å²) in [6.07, 6.45) is 0. The van der Waals surface area contributed by atoms with Crippen molar-refractivity contribution in [1.82, 2.24) is 4.90 Å². The van der Waals surface area contributed by atoms with Crippen molar-refractivity contribution in [2.24, 2.45) is 0 Å². The Morgan fingerprint density at radius 1 is 1.00 bits per heavy atom. The van der Waals surface area contributed by atoms with E-state index < -0.39 is 0 Å². The summed E-state index contributed by atoms with van der Waals surface area (Å²) in [5, 5.41) is 3.43. The summed E-state index contributed by atoms with van der Waals surface area (Å²) < 4.78 is 0. The summed E-state index contributed by atoms with van der Waals surface area (Å²) in [4.78, 5) is 13.4. The first-order chi connectivity index (χ1) is 9.58. The number of hydrogen-bond donors (Lipinski definition) is 1. The Bertz CT molecular complexity index is 561. The average molecular weight is 268 g/mol. The van der Waals surface area contributed by atoms with Gasteiger partial charge >= 0.3 is 0 Å². The summed E-state index contributed by atoms with van der Waals surface area (Å²) >= 11 is 0. The molecule has 1 amide bonds. The van der Waals surface area contributed by atoms with Crippen LogP contribution in [0.15, 0.2) is 54.6 Å². The topological polar surface area (TPSA) is 32.3 Å². The smallest absolute Gasteiger partial charge is 0.253 e. The summed E-state index contributed by atoms with van der Waals surface area (Å²) in [7, 11) is 3.51. The lowest BCUT2D eigenvalue weighted by Gasteiger charge is -2.16. The predicted octanol–water partition coefficient (Wildman–Crippen LogP) is 3.56. The highest BCUT2D eigenvalue weighted by molar-refractivity contribution is 5.94. The van der Waals surface area contributed by atoms with Gasteiger partial charge in [-0.1, -0.05) is 30.3 Å². The molecule has 2 rings (SSSR count). The standard InChI is InChI=1S/C17H20N2O/c1-13(14-7-5-4-6-8-14)18-16-11-9-15(10-12-16)17(20)19(2)3/h4-13,18H,1-3H3. The average Bonchev–Trinajstić information content (AvgIpc) is 2.48. The summed E-state index contributed by atoms with van der Waals surface area (Å²) in [6.45, 7) is 2.12. The normalized spacial score (nSPS) is 11.8. The van der Waals surface area contributed by atoms with Gasteiger partial charge in [-0.2, -0.15) is 0 Å². The number of nitrogens with zero attached hydrogens (tertiary/aromatic N) is 1. The molecule has 0 heterocycles. The van der Waals surface area contributed by atoms with E-state index in [-0.39, 0.29) is 11.9 Å². The molecule has 104 valence electrons. The van der Waals surface area contributed by atoms with E-state index in [2.05, 4.69) is 24.4 Å². The fourth-order valence-corrected chi connectivity index (χ4v) is 2.04. The molecule has 0 saturated carbocycles. The Morgan fingerprint density at radius 3 is 2.15 bits per heavy atom. The van der Waals surface area contributed by atoms with E-state index in [0.29, 0.717) is 5.56 Å². The lowest BCUT2D eigenvalue weighted by molar-refractivity contribution is 0.0827. The Hall–Kier alpha value is -2.29. The van der Waals surface area contributed by atoms with Gasteiger partial charge in [0.1, 0.15) is 0 Å². The molecule has 1 N–H and O–H groups in total. The fraction of sp³-hybridized carbons (Fsp3) is 0.235. The van der Waals surface area contributed by atoms with E-state index in [1.54, 1.807) is 19.0 Å². The molecule has 0 aliphatic carbocycles. The first-order valence-corrected chi connectivity index (χ1v) is 6.71. The van der Waals surface area contributed by atoms with Crippen molar-refractivity contribution in [3.63, 3.8) is 0 Å². The monoisotopic (exact) mass is 268 g/mol. The molecular weight excluding hydrogens is 248 g/mol. The summed E-state index contributed by atoms with van der Waals surface area (Å²) in [5.41, 5.74) is 2.95. The molecule has 1 atom stereocenters. The van der Waals surface area contributed by atoms with Crippen LogP contribution in [-0.4, -0.2) is 24.9 Å². The minimum absolute atomic E-state index is 0.0210. The van der Waals surface area contributed by atoms with Crippen LogP contribution >= 0.6 is 0 Å². The number of carbonyl (C=O) groups is 1. The largest absolute Gasteiger partial charge is 0.379 e. The van der Waals surface area contributed by atoms with Gasteiger partial charge in [0.2, 0.25) is 0 Å². The third-order valence-electron chi connectivity index (χ3n) is 3.22. The molecule has 20 heavy (non-hydrogen) atoms. The molecule has 2 aromatic rings. The molecule has 0 fully saturated rings. The maximum atomic E-state index is 11.8. The van der Waals surface area contributed by atoms with Crippen LogP contribution < -0.4 is 5.32 Å². The minimum Gasteiger partial charge on any atom is -0.379 e. The van der Waals surface area contributed by atoms with Crippen LogP contribution in [0.2, 0.25) is 0 Å². The second-order valence-electron chi connectivity index (χ2n) is 5.05. The molecule has 0 aromatic heterocycles. The zero-order chi connectivity index (χ0) is 14.5. The summed E-state index contributed by atoms with van der Waals surface area (Å²) in [5.74, 6) is 0.0210. The Kier molecular flexibility index (Phi) is 4.41. The van der Waals surface area contributed by atoms with E-state index >= 15 is 0 Å². The minimum atomic E-state index is 0.0210. The van der Waals surface area contributed by atoms with Gasteiger partial charge in [-0.15, -0.1) is 0 Å². The number of amides is 1. The third kappa shape index (κ3) is 3.38. The van der Waals surface area contributed by atoms with Crippen molar-refractivity contribution in [3.8, 4) is 0 Å². The van der Waals surface area contributed by atoms with E-state index in [0.717, 1.165) is 5.69 Å². The van der Waals surface area contributed by atoms with Gasteiger partial charge in [-0.05, 0) is 36.8 Å². The lowest BCUT2D eigenvalue weighted by atomic mass is 10.1. The zero-order valence-electron chi connectivity index (χ0n) is 12.1. The van der Waals surface area contributed by atoms with E-state index in [1.165, 1.54) is 5.56 Å². The number of hydrogen-bond acceptors (Lipinski definition) is 2. The lowest BCUT2D eigenvalue weighted by Crippen LogP contribution is -2.21. The molecule has 0 aliphatic heterocycles. The molecule has 3 nitrogen and oxygen atoms in total. The second kappa shape index (κ2) is 6.24. The molecule has 2 aromatic carbocycles. The van der Waals surface area contributed by atoms with Crippen molar-refractivity contribution in [3.05, 3.63) is 65.7 Å². The molecule has 0 bridgehead atoms. The van der Waals surface area contributed by atoms with Crippen LogP contribution in [0, 0.1) is 0 Å². The van der Waals surface area contributed by atoms with Crippen LogP contribution in [0.4, 0.5) is 5.69 Å². The maximum Gasteiger partial charge on any atom is 0.253 e. The van der Waals surface area contributed by atoms with Crippen LogP contribution in [0.25, 0.3) is 0 Å². The SMILES string of the molecule is CC(Nc1ccc(C(=O)N(C)C)cc1)c1ccccc1. The molecule has 1 unspecified atom stereocenters. The molecule has 0 radical (unpaired) electrons. The van der Waals surface area contributed by atoms with E-state index in [4.69, 9.17) is 0 Å². The Morgan fingerprint density at radius 2 is 1.60 bits per heavy atom. The highest BCUT2D eigenvalue weighted by Crippen LogP contribution is 2.19. The second-order valence-corrected chi connectivity index (χ2v) is 5.05. The van der Waals surface area contributed by atoms with Gasteiger partial charge in [0.25, 0.3) is 5.91 Å². The van der Waals surface area contributed by atoms with Crippen LogP contribution in [0.3, 0.4) is 0 Å². The van der Waals surface area contributed by atoms with Crippen molar-refractivity contribution in [2.75, 3.05) is 19.4 Å². The first kappa shape index (κ1) is 14.1. The Labute approximate surface area is 120 Å². The van der Waals surface area contributed by atoms with Gasteiger partial charge in [0, 0.05) is 31.4 Å². The van der Waals surface area contributed by atoms with Gasteiger partial charge in [-0.25, -0.2) is 0 Å². The maximum absolute atomic E-state index is 11.8. The Balaban J connectivity index is 2.06. The van der Waals surface area contributed by atoms with E-state index in [9.17, 15) is 4.79 Å². The van der Waals surface area contributed by atoms with Crippen LogP contribution in [0.1, 0.15) is 28.9 Å². The quantitative estimate of drug-likeness (QED) is 0.919. The highest BCUT2D eigenvalue weighted by Gasteiger charge is 2.08. The summed E-state index contributed by atoms with van der Waals surface area (Å²) in [6, 6.07) is 18.1. The predicted molar refractivity (Wildman–Crippen MR) is 82.9 cm³/mol. The van der Waals surface area contributed by atoms with Crippen LogP contribution in [0.5, 0.6) is 0 Å². The van der Waals surface area contributed by atoms with Gasteiger partial charge in [0.15, 0.2) is 0 Å². The highest BCUT2D eigenvalue weighted by atomic mass is 16.2. The molecule has 0 spiro atoms. The van der Waals surface area contributed by atoms with Gasteiger partial charge < -0.3 is 10.2 Å². The fourth-order valence-electron chi connectivity index (χ4n) is 2.04. The number of carbonyl (C=O) groups excluding carboxylic acids is 1. The third-order valence-corrected chi connectivity index (χ3v) is 3.22.